The molecule has 0 aliphatic carbocycles. The second-order valence-corrected chi connectivity index (χ2v) is 4.54. The first-order valence-electron chi connectivity index (χ1n) is 6.12. The van der Waals surface area contributed by atoms with E-state index in [2.05, 4.69) is 10.1 Å². The van der Waals surface area contributed by atoms with E-state index in [4.69, 9.17) is 0 Å². The third-order valence-electron chi connectivity index (χ3n) is 2.94. The molecule has 0 aliphatic heterocycles. The third-order valence-corrected chi connectivity index (χ3v) is 2.94. The van der Waals surface area contributed by atoms with Gasteiger partial charge in [-0.2, -0.15) is 5.10 Å². The van der Waals surface area contributed by atoms with Crippen molar-refractivity contribution in [1.82, 2.24) is 9.55 Å². The first kappa shape index (κ1) is 13.8. The van der Waals surface area contributed by atoms with Crippen molar-refractivity contribution in [2.75, 3.05) is 12.1 Å². The summed E-state index contributed by atoms with van der Waals surface area (Å²) in [5.41, 5.74) is 1.27. The lowest BCUT2D eigenvalue weighted by Gasteiger charge is -2.12. The first-order chi connectivity index (χ1) is 9.47. The fraction of sp³-hybridized carbons (Fsp3) is 0.214. The highest BCUT2D eigenvalue weighted by atomic mass is 16.2. The van der Waals surface area contributed by atoms with Crippen LogP contribution in [0, 0.1) is 6.92 Å². The summed E-state index contributed by atoms with van der Waals surface area (Å²) in [5.74, 6) is 0.349. The highest BCUT2D eigenvalue weighted by molar-refractivity contribution is 5.80. The van der Waals surface area contributed by atoms with Crippen LogP contribution in [0.25, 0.3) is 0 Å². The minimum atomic E-state index is -0.468. The van der Waals surface area contributed by atoms with Gasteiger partial charge in [0.1, 0.15) is 5.82 Å². The van der Waals surface area contributed by atoms with Gasteiger partial charge in [0.2, 0.25) is 0 Å². The second-order valence-electron chi connectivity index (χ2n) is 4.54. The van der Waals surface area contributed by atoms with Gasteiger partial charge in [-0.1, -0.05) is 29.8 Å². The van der Waals surface area contributed by atoms with Crippen molar-refractivity contribution in [3.05, 3.63) is 62.3 Å². The minimum absolute atomic E-state index is 0.349. The fourth-order valence-corrected chi connectivity index (χ4v) is 1.59. The third kappa shape index (κ3) is 3.03. The maximum Gasteiger partial charge on any atom is 0.329 e. The Bertz CT molecular complexity index is 710. The summed E-state index contributed by atoms with van der Waals surface area (Å²) in [4.78, 5) is 25.6. The topological polar surface area (TPSA) is 70.5 Å². The van der Waals surface area contributed by atoms with Crippen LogP contribution in [0.15, 0.2) is 45.0 Å². The molecule has 1 aromatic carbocycles. The molecule has 2 aromatic rings. The van der Waals surface area contributed by atoms with E-state index < -0.39 is 5.69 Å². The molecule has 0 atom stereocenters. The molecule has 0 spiro atoms. The van der Waals surface area contributed by atoms with E-state index in [0.29, 0.717) is 5.82 Å². The van der Waals surface area contributed by atoms with E-state index in [0.717, 1.165) is 10.1 Å². The Kier molecular flexibility index (Phi) is 3.84. The Labute approximate surface area is 116 Å². The molecule has 6 heteroatoms. The van der Waals surface area contributed by atoms with Gasteiger partial charge in [-0.05, 0) is 12.5 Å². The van der Waals surface area contributed by atoms with Crippen LogP contribution in [0.3, 0.4) is 0 Å². The average Bonchev–Trinajstić information content (AvgIpc) is 2.43. The summed E-state index contributed by atoms with van der Waals surface area (Å²) in [6, 6.07) is 9.19. The summed E-state index contributed by atoms with van der Waals surface area (Å²) in [6.07, 6.45) is 1.66. The molecule has 104 valence electrons. The van der Waals surface area contributed by atoms with E-state index in [1.165, 1.54) is 23.7 Å². The van der Waals surface area contributed by atoms with Gasteiger partial charge in [0, 0.05) is 20.2 Å². The van der Waals surface area contributed by atoms with Gasteiger partial charge in [0.15, 0.2) is 0 Å². The summed E-state index contributed by atoms with van der Waals surface area (Å²) in [7, 11) is 3.08. The molecule has 0 fully saturated rings. The van der Waals surface area contributed by atoms with Gasteiger partial charge in [0.05, 0.1) is 6.21 Å². The van der Waals surface area contributed by atoms with Crippen LogP contribution in [0.4, 0.5) is 5.82 Å². The van der Waals surface area contributed by atoms with Crippen LogP contribution in [0.1, 0.15) is 11.1 Å². The highest BCUT2D eigenvalue weighted by Crippen LogP contribution is 2.04. The molecule has 0 unspecified atom stereocenters. The molecule has 0 aliphatic rings. The lowest BCUT2D eigenvalue weighted by atomic mass is 10.2. The maximum atomic E-state index is 11.5. The van der Waals surface area contributed by atoms with Gasteiger partial charge in [0.25, 0.3) is 5.56 Å². The number of rotatable bonds is 3. The normalized spacial score (nSPS) is 10.9. The zero-order valence-electron chi connectivity index (χ0n) is 11.6. The van der Waals surface area contributed by atoms with E-state index in [1.807, 2.05) is 31.2 Å². The number of aromatic nitrogens is 2. The number of anilines is 1. The molecule has 1 heterocycles. The molecule has 0 saturated heterocycles. The Morgan fingerprint density at radius 3 is 2.50 bits per heavy atom. The standard InChI is InChI=1S/C14H16N4O2/c1-10-4-6-11(7-5-10)9-15-18(3)12-8-13(19)17(2)14(20)16-12/h4-9H,1-3H3,(H,16,20). The van der Waals surface area contributed by atoms with Gasteiger partial charge in [-0.3, -0.25) is 19.4 Å². The molecule has 0 saturated carbocycles. The molecule has 1 N–H and O–H groups in total. The summed E-state index contributed by atoms with van der Waals surface area (Å²) < 4.78 is 1.00. The molecular formula is C14H16N4O2. The number of hydrogen-bond acceptors (Lipinski definition) is 4. The summed E-state index contributed by atoms with van der Waals surface area (Å²) in [6.45, 7) is 2.01. The van der Waals surface area contributed by atoms with Crippen molar-refractivity contribution in [1.29, 1.82) is 0 Å². The number of nitrogens with zero attached hydrogens (tertiary/aromatic N) is 3. The number of H-pyrrole nitrogens is 1. The quantitative estimate of drug-likeness (QED) is 0.665. The van der Waals surface area contributed by atoms with Crippen molar-refractivity contribution in [2.24, 2.45) is 12.1 Å². The van der Waals surface area contributed by atoms with Crippen LogP contribution in [0.2, 0.25) is 0 Å². The lowest BCUT2D eigenvalue weighted by molar-refractivity contribution is 0.766. The molecule has 2 rings (SSSR count). The van der Waals surface area contributed by atoms with Gasteiger partial charge in [-0.25, -0.2) is 4.79 Å². The van der Waals surface area contributed by atoms with Gasteiger partial charge >= 0.3 is 5.69 Å². The zero-order chi connectivity index (χ0) is 14.7. The van der Waals surface area contributed by atoms with Crippen molar-refractivity contribution in [3.8, 4) is 0 Å². The molecule has 6 nitrogen and oxygen atoms in total. The zero-order valence-corrected chi connectivity index (χ0v) is 11.6. The smallest absolute Gasteiger partial charge is 0.292 e. The van der Waals surface area contributed by atoms with Crippen LogP contribution in [0.5, 0.6) is 0 Å². The number of nitrogens with one attached hydrogen (secondary N) is 1. The van der Waals surface area contributed by atoms with E-state index in [-0.39, 0.29) is 5.56 Å². The molecular weight excluding hydrogens is 256 g/mol. The predicted molar refractivity (Wildman–Crippen MR) is 79.5 cm³/mol. The van der Waals surface area contributed by atoms with Crippen LogP contribution < -0.4 is 16.3 Å². The van der Waals surface area contributed by atoms with E-state index >= 15 is 0 Å². The number of aryl methyl sites for hydroxylation is 1. The highest BCUT2D eigenvalue weighted by Gasteiger charge is 2.03. The largest absolute Gasteiger partial charge is 0.329 e. The van der Waals surface area contributed by atoms with Crippen LogP contribution in [-0.2, 0) is 7.05 Å². The Hall–Kier alpha value is -2.63. The molecule has 20 heavy (non-hydrogen) atoms. The van der Waals surface area contributed by atoms with Crippen molar-refractivity contribution < 1.29 is 0 Å². The lowest BCUT2D eigenvalue weighted by Crippen LogP contribution is -2.33. The minimum Gasteiger partial charge on any atom is -0.292 e. The van der Waals surface area contributed by atoms with E-state index in [1.54, 1.807) is 13.3 Å². The van der Waals surface area contributed by atoms with Crippen molar-refractivity contribution in [3.63, 3.8) is 0 Å². The summed E-state index contributed by atoms with van der Waals surface area (Å²) >= 11 is 0. The Balaban J connectivity index is 2.24. The Morgan fingerprint density at radius 1 is 1.25 bits per heavy atom. The molecule has 0 bridgehead atoms. The second kappa shape index (κ2) is 5.56. The van der Waals surface area contributed by atoms with Gasteiger partial charge < -0.3 is 0 Å². The summed E-state index contributed by atoms with van der Waals surface area (Å²) in [5, 5.41) is 5.64. The number of benzene rings is 1. The first-order valence-corrected chi connectivity index (χ1v) is 6.12. The monoisotopic (exact) mass is 272 g/mol. The number of hydrogen-bond donors (Lipinski definition) is 1. The SMILES string of the molecule is Cc1ccc(C=NN(C)c2cc(=O)n(C)c(=O)[nH]2)cc1. The van der Waals surface area contributed by atoms with Crippen LogP contribution >= 0.6 is 0 Å². The maximum absolute atomic E-state index is 11.5. The molecule has 0 radical (unpaired) electrons. The number of hydrazone groups is 1. The molecule has 0 amide bonds. The van der Waals surface area contributed by atoms with Crippen LogP contribution in [-0.4, -0.2) is 22.8 Å². The Morgan fingerprint density at radius 2 is 1.90 bits per heavy atom. The van der Waals surface area contributed by atoms with Crippen molar-refractivity contribution in [2.45, 2.75) is 6.92 Å². The van der Waals surface area contributed by atoms with Gasteiger partial charge in [-0.15, -0.1) is 0 Å². The molecule has 1 aromatic heterocycles. The number of aromatic amines is 1. The fourth-order valence-electron chi connectivity index (χ4n) is 1.59. The van der Waals surface area contributed by atoms with Crippen molar-refractivity contribution >= 4 is 12.0 Å². The average molecular weight is 272 g/mol. The van der Waals surface area contributed by atoms with E-state index in [9.17, 15) is 9.59 Å². The predicted octanol–water partition coefficient (Wildman–Crippen LogP) is 0.852.